The first-order valence-electron chi connectivity index (χ1n) is 11.5. The molecule has 1 amide bonds. The van der Waals surface area contributed by atoms with Crippen molar-refractivity contribution in [2.45, 2.75) is 13.0 Å². The van der Waals surface area contributed by atoms with Gasteiger partial charge in [0.05, 0.1) is 12.1 Å². The third-order valence-corrected chi connectivity index (χ3v) is 5.80. The predicted molar refractivity (Wildman–Crippen MR) is 137 cm³/mol. The summed E-state index contributed by atoms with van der Waals surface area (Å²) in [5.74, 6) is -0.933. The molecular weight excluding hydrogens is 510 g/mol. The van der Waals surface area contributed by atoms with Gasteiger partial charge in [0.25, 0.3) is 0 Å². The lowest BCUT2D eigenvalue weighted by molar-refractivity contribution is -0.123. The highest BCUT2D eigenvalue weighted by Gasteiger charge is 2.27. The quantitative estimate of drug-likeness (QED) is 0.237. The van der Waals surface area contributed by atoms with Crippen LogP contribution in [0.15, 0.2) is 66.9 Å². The average molecular weight is 530 g/mol. The number of aromatic nitrogens is 5. The number of imidazole rings is 1. The topological polar surface area (TPSA) is 155 Å². The Morgan fingerprint density at radius 2 is 1.77 bits per heavy atom. The number of carbonyl (C=O) groups excluding carboxylic acids is 2. The molecule has 0 saturated carbocycles. The first kappa shape index (κ1) is 25.2. The van der Waals surface area contributed by atoms with E-state index < -0.39 is 11.9 Å². The molecule has 13 heteroatoms. The number of nitrogens with two attached hydrogens (primary N) is 2. The Bertz CT molecular complexity index is 1690. The van der Waals surface area contributed by atoms with Gasteiger partial charge >= 0.3 is 12.6 Å². The molecule has 3 heterocycles. The van der Waals surface area contributed by atoms with Crippen LogP contribution in [0.5, 0.6) is 0 Å². The van der Waals surface area contributed by atoms with E-state index in [1.54, 1.807) is 42.6 Å². The summed E-state index contributed by atoms with van der Waals surface area (Å²) in [6.45, 7) is -0.296. The number of carbonyl (C=O) groups is 2. The first-order chi connectivity index (χ1) is 18.9. The van der Waals surface area contributed by atoms with Crippen molar-refractivity contribution < 1.29 is 23.1 Å². The van der Waals surface area contributed by atoms with E-state index in [0.717, 1.165) is 4.90 Å². The Kier molecular flexibility index (Phi) is 6.78. The maximum atomic E-state index is 14.3. The molecule has 0 spiro atoms. The summed E-state index contributed by atoms with van der Waals surface area (Å²) in [4.78, 5) is 37.7. The first-order valence-corrected chi connectivity index (χ1v) is 11.5. The average Bonchev–Trinajstić information content (AvgIpc) is 3.27. The van der Waals surface area contributed by atoms with Gasteiger partial charge in [-0.1, -0.05) is 30.3 Å². The van der Waals surface area contributed by atoms with Crippen LogP contribution in [0.3, 0.4) is 0 Å². The molecule has 0 radical (unpaired) electrons. The van der Waals surface area contributed by atoms with E-state index in [1.165, 1.54) is 28.8 Å². The van der Waals surface area contributed by atoms with Crippen molar-refractivity contribution in [2.24, 2.45) is 0 Å². The zero-order chi connectivity index (χ0) is 27.5. The van der Waals surface area contributed by atoms with Crippen LogP contribution in [0.2, 0.25) is 0 Å². The number of nitrogens with zero attached hydrogens (tertiary/aromatic N) is 6. The summed E-state index contributed by atoms with van der Waals surface area (Å²) in [5, 5.41) is 4.32. The summed E-state index contributed by atoms with van der Waals surface area (Å²) in [6.07, 6.45) is 0.569. The minimum Gasteiger partial charge on any atom is -0.382 e. The molecule has 3 aromatic heterocycles. The van der Waals surface area contributed by atoms with E-state index in [4.69, 9.17) is 11.5 Å². The van der Waals surface area contributed by atoms with Gasteiger partial charge in [0.1, 0.15) is 28.8 Å². The minimum atomic E-state index is -1.12. The van der Waals surface area contributed by atoms with Crippen molar-refractivity contribution in [2.75, 3.05) is 16.4 Å². The maximum absolute atomic E-state index is 14.3. The fourth-order valence-corrected chi connectivity index (χ4v) is 4.11. The summed E-state index contributed by atoms with van der Waals surface area (Å²) < 4.78 is 34.1. The number of fused-ring (bicyclic) bond motifs is 1. The smallest absolute Gasteiger partial charge is 0.382 e. The zero-order valence-corrected chi connectivity index (χ0v) is 20.2. The highest BCUT2D eigenvalue weighted by atomic mass is 19.1. The van der Waals surface area contributed by atoms with E-state index in [2.05, 4.69) is 24.8 Å². The largest absolute Gasteiger partial charge is 0.422 e. The third kappa shape index (κ3) is 5.05. The van der Waals surface area contributed by atoms with Crippen molar-refractivity contribution in [1.29, 1.82) is 0 Å². The number of benzene rings is 2. The summed E-state index contributed by atoms with van der Waals surface area (Å²) in [5.41, 5.74) is 13.9. The molecular formula is C26H20F2N8O3. The van der Waals surface area contributed by atoms with E-state index in [0.29, 0.717) is 22.5 Å². The molecule has 39 heavy (non-hydrogen) atoms. The number of amides is 1. The van der Waals surface area contributed by atoms with E-state index in [-0.39, 0.29) is 54.1 Å². The molecule has 196 valence electrons. The van der Waals surface area contributed by atoms with Crippen LogP contribution in [-0.4, -0.2) is 37.1 Å². The second-order valence-electron chi connectivity index (χ2n) is 8.33. The number of hydrogen-bond acceptors (Lipinski definition) is 9. The molecule has 11 nitrogen and oxygen atoms in total. The lowest BCUT2D eigenvalue weighted by Gasteiger charge is -2.23. The molecule has 0 fully saturated rings. The molecule has 0 saturated heterocycles. The van der Waals surface area contributed by atoms with Crippen LogP contribution in [0.25, 0.3) is 17.0 Å². The lowest BCUT2D eigenvalue weighted by Crippen LogP contribution is -2.32. The van der Waals surface area contributed by atoms with Crippen LogP contribution in [0.1, 0.15) is 17.0 Å². The van der Waals surface area contributed by atoms with Crippen LogP contribution in [0.4, 0.5) is 30.9 Å². The van der Waals surface area contributed by atoms with Crippen LogP contribution in [-0.2, 0) is 22.5 Å². The summed E-state index contributed by atoms with van der Waals surface area (Å²) >= 11 is 0. The van der Waals surface area contributed by atoms with Crippen molar-refractivity contribution >= 4 is 35.4 Å². The molecule has 0 aliphatic heterocycles. The van der Waals surface area contributed by atoms with Crippen LogP contribution < -0.4 is 16.4 Å². The van der Waals surface area contributed by atoms with E-state index >= 15 is 0 Å². The number of hydrogen-bond donors (Lipinski definition) is 2. The monoisotopic (exact) mass is 530 g/mol. The van der Waals surface area contributed by atoms with Gasteiger partial charge in [-0.3, -0.25) is 9.69 Å². The van der Waals surface area contributed by atoms with E-state index in [9.17, 15) is 18.4 Å². The summed E-state index contributed by atoms with van der Waals surface area (Å²) in [6, 6.07) is 15.2. The van der Waals surface area contributed by atoms with Gasteiger partial charge in [-0.25, -0.2) is 33.0 Å². The van der Waals surface area contributed by atoms with Crippen molar-refractivity contribution in [3.05, 3.63) is 95.4 Å². The van der Waals surface area contributed by atoms with Crippen molar-refractivity contribution in [3.8, 4) is 11.5 Å². The second-order valence-corrected chi connectivity index (χ2v) is 8.33. The normalized spacial score (nSPS) is 10.9. The molecule has 5 rings (SSSR count). The molecule has 5 aromatic rings. The fraction of sp³-hybridized carbons (Fsp3) is 0.0769. The second kappa shape index (κ2) is 10.5. The molecule has 4 N–H and O–H groups in total. The Morgan fingerprint density at radius 1 is 1.00 bits per heavy atom. The zero-order valence-electron chi connectivity index (χ0n) is 20.2. The van der Waals surface area contributed by atoms with Gasteiger partial charge in [-0.15, -0.1) is 0 Å². The van der Waals surface area contributed by atoms with Crippen molar-refractivity contribution in [1.82, 2.24) is 24.6 Å². The Labute approximate surface area is 219 Å². The van der Waals surface area contributed by atoms with Gasteiger partial charge in [-0.2, -0.15) is 5.10 Å². The molecule has 0 aliphatic rings. The highest BCUT2D eigenvalue weighted by molar-refractivity contribution is 5.97. The van der Waals surface area contributed by atoms with Gasteiger partial charge in [0, 0.05) is 12.6 Å². The number of rotatable bonds is 7. The standard InChI is InChI=1S/C26H20F2N8O3/c27-17-7-3-5-15(11-17)13-35(26(38)39-14-37)22-23(29)33-25(34-24(22)30)21-19-9-4-10-31-36(19)20(32-21)12-16-6-1-2-8-18(16)28/h1-11,14H,12-13H2,(H4,29,30,33,34). The number of anilines is 3. The molecule has 0 atom stereocenters. The van der Waals surface area contributed by atoms with Gasteiger partial charge in [-0.05, 0) is 41.5 Å². The highest BCUT2D eigenvalue weighted by Crippen LogP contribution is 2.33. The van der Waals surface area contributed by atoms with Gasteiger partial charge in [0.2, 0.25) is 0 Å². The molecule has 2 aromatic carbocycles. The number of halogens is 2. The Balaban J connectivity index is 1.57. The Hall–Kier alpha value is -5.46. The lowest BCUT2D eigenvalue weighted by atomic mass is 10.1. The van der Waals surface area contributed by atoms with E-state index in [1.807, 2.05) is 0 Å². The Morgan fingerprint density at radius 3 is 2.49 bits per heavy atom. The maximum Gasteiger partial charge on any atom is 0.422 e. The third-order valence-electron chi connectivity index (χ3n) is 5.80. The SMILES string of the molecule is Nc1nc(-c2nc(Cc3ccccc3F)n3ncccc23)nc(N)c1N(Cc1cccc(F)c1)C(=O)OC=O. The van der Waals surface area contributed by atoms with Crippen molar-refractivity contribution in [3.63, 3.8) is 0 Å². The molecule has 0 aliphatic carbocycles. The van der Waals surface area contributed by atoms with Crippen LogP contribution >= 0.6 is 0 Å². The fourth-order valence-electron chi connectivity index (χ4n) is 4.11. The number of nitrogen functional groups attached to an aromatic ring is 2. The van der Waals surface area contributed by atoms with Gasteiger partial charge in [0.15, 0.2) is 17.5 Å². The van der Waals surface area contributed by atoms with Gasteiger partial charge < -0.3 is 16.2 Å². The minimum absolute atomic E-state index is 0.0218. The predicted octanol–water partition coefficient (Wildman–Crippen LogP) is 3.52. The van der Waals surface area contributed by atoms with Crippen LogP contribution in [0, 0.1) is 11.6 Å². The number of ether oxygens (including phenoxy) is 1. The summed E-state index contributed by atoms with van der Waals surface area (Å²) in [7, 11) is 0. The molecule has 0 bridgehead atoms. The molecule has 0 unspecified atom stereocenters.